The molecule has 0 unspecified atom stereocenters. The number of hydrazine groups is 1. The molecule has 5 heteroatoms. The molecular formula is C15H27N5. The van der Waals surface area contributed by atoms with Crippen LogP contribution in [0.4, 0.5) is 11.6 Å². The second-order valence-electron chi connectivity index (χ2n) is 5.75. The van der Waals surface area contributed by atoms with E-state index < -0.39 is 0 Å². The first-order chi connectivity index (χ1) is 9.61. The van der Waals surface area contributed by atoms with Gasteiger partial charge in [0.1, 0.15) is 17.5 Å². The van der Waals surface area contributed by atoms with Gasteiger partial charge in [-0.05, 0) is 26.7 Å². The molecule has 112 valence electrons. The van der Waals surface area contributed by atoms with Crippen LogP contribution in [0.2, 0.25) is 0 Å². The summed E-state index contributed by atoms with van der Waals surface area (Å²) in [5.41, 5.74) is 4.58. The van der Waals surface area contributed by atoms with Gasteiger partial charge in [-0.15, -0.1) is 0 Å². The number of hydrogen-bond acceptors (Lipinski definition) is 5. The number of nitrogens with zero attached hydrogens (tertiary/aromatic N) is 3. The molecule has 0 spiro atoms. The quantitative estimate of drug-likeness (QED) is 0.866. The minimum Gasteiger partial charge on any atom is -0.370 e. The zero-order valence-corrected chi connectivity index (χ0v) is 13.2. The third kappa shape index (κ3) is 3.60. The van der Waals surface area contributed by atoms with Crippen LogP contribution in [0, 0.1) is 6.92 Å². The highest BCUT2D eigenvalue weighted by molar-refractivity contribution is 5.57. The minimum absolute atomic E-state index is 0.329. The number of hydrogen-bond donors (Lipinski definition) is 2. The monoisotopic (exact) mass is 277 g/mol. The van der Waals surface area contributed by atoms with Gasteiger partial charge in [-0.25, -0.2) is 15.0 Å². The molecule has 2 N–H and O–H groups in total. The first kappa shape index (κ1) is 15.0. The highest BCUT2D eigenvalue weighted by Gasteiger charge is 2.16. The maximum atomic E-state index is 4.70. The molecular weight excluding hydrogens is 250 g/mol. The standard InChI is InChI=1S/C15H27N5/c1-5-16-14-12(4)15(18-13(17-14)11(2)3)19-20-9-7-6-8-10-20/h11H,5-10H2,1-4H3,(H2,16,17,18,19). The van der Waals surface area contributed by atoms with E-state index in [9.17, 15) is 0 Å². The molecule has 5 nitrogen and oxygen atoms in total. The summed E-state index contributed by atoms with van der Waals surface area (Å²) in [6.45, 7) is 11.5. The first-order valence-corrected chi connectivity index (χ1v) is 7.75. The Labute approximate surface area is 122 Å². The van der Waals surface area contributed by atoms with Crippen molar-refractivity contribution in [1.82, 2.24) is 15.0 Å². The van der Waals surface area contributed by atoms with Gasteiger partial charge in [-0.2, -0.15) is 0 Å². The summed E-state index contributed by atoms with van der Waals surface area (Å²) in [7, 11) is 0. The van der Waals surface area contributed by atoms with E-state index in [1.807, 2.05) is 0 Å². The molecule has 1 aliphatic heterocycles. The summed E-state index contributed by atoms with van der Waals surface area (Å²) in [6.07, 6.45) is 3.85. The number of rotatable bonds is 5. The molecule has 1 aromatic rings. The summed E-state index contributed by atoms with van der Waals surface area (Å²) in [4.78, 5) is 9.34. The van der Waals surface area contributed by atoms with Crippen LogP contribution in [0.3, 0.4) is 0 Å². The van der Waals surface area contributed by atoms with E-state index in [0.717, 1.165) is 42.7 Å². The molecule has 1 fully saturated rings. The maximum absolute atomic E-state index is 4.70. The molecule has 1 aliphatic rings. The van der Waals surface area contributed by atoms with E-state index in [-0.39, 0.29) is 0 Å². The highest BCUT2D eigenvalue weighted by atomic mass is 15.5. The number of aromatic nitrogens is 2. The van der Waals surface area contributed by atoms with Crippen LogP contribution in [0.15, 0.2) is 0 Å². The Bertz CT molecular complexity index is 438. The lowest BCUT2D eigenvalue weighted by Crippen LogP contribution is -2.35. The predicted octanol–water partition coefficient (Wildman–Crippen LogP) is 3.15. The van der Waals surface area contributed by atoms with Crippen molar-refractivity contribution in [2.24, 2.45) is 0 Å². The maximum Gasteiger partial charge on any atom is 0.149 e. The Hall–Kier alpha value is -1.36. The van der Waals surface area contributed by atoms with E-state index >= 15 is 0 Å². The summed E-state index contributed by atoms with van der Waals surface area (Å²) < 4.78 is 0. The summed E-state index contributed by atoms with van der Waals surface area (Å²) in [5, 5.41) is 5.62. The molecule has 0 bridgehead atoms. The zero-order chi connectivity index (χ0) is 14.5. The van der Waals surface area contributed by atoms with Crippen molar-refractivity contribution in [3.8, 4) is 0 Å². The summed E-state index contributed by atoms with van der Waals surface area (Å²) in [5.74, 6) is 3.12. The number of nitrogens with one attached hydrogen (secondary N) is 2. The van der Waals surface area contributed by atoms with Gasteiger partial charge in [0.05, 0.1) is 0 Å². The average Bonchev–Trinajstić information content (AvgIpc) is 2.44. The van der Waals surface area contributed by atoms with Crippen LogP contribution in [0.25, 0.3) is 0 Å². The number of anilines is 2. The Morgan fingerprint density at radius 3 is 2.35 bits per heavy atom. The van der Waals surface area contributed by atoms with Crippen LogP contribution in [-0.4, -0.2) is 34.6 Å². The molecule has 2 rings (SSSR count). The van der Waals surface area contributed by atoms with Gasteiger partial charge in [-0.1, -0.05) is 20.3 Å². The van der Waals surface area contributed by atoms with Gasteiger partial charge in [0.15, 0.2) is 0 Å². The van der Waals surface area contributed by atoms with Gasteiger partial charge in [0.25, 0.3) is 0 Å². The van der Waals surface area contributed by atoms with Crippen molar-refractivity contribution in [1.29, 1.82) is 0 Å². The fraction of sp³-hybridized carbons (Fsp3) is 0.733. The topological polar surface area (TPSA) is 53.1 Å². The smallest absolute Gasteiger partial charge is 0.149 e. The molecule has 0 radical (unpaired) electrons. The summed E-state index contributed by atoms with van der Waals surface area (Å²) >= 11 is 0. The number of piperidine rings is 1. The third-order valence-electron chi connectivity index (χ3n) is 3.64. The van der Waals surface area contributed by atoms with Gasteiger partial charge < -0.3 is 10.7 Å². The lowest BCUT2D eigenvalue weighted by molar-refractivity contribution is 0.272. The van der Waals surface area contributed by atoms with E-state index in [0.29, 0.717) is 5.92 Å². The average molecular weight is 277 g/mol. The molecule has 20 heavy (non-hydrogen) atoms. The highest BCUT2D eigenvalue weighted by Crippen LogP contribution is 2.24. The molecule has 0 aliphatic carbocycles. The second kappa shape index (κ2) is 6.88. The molecule has 0 atom stereocenters. The Morgan fingerprint density at radius 1 is 1.10 bits per heavy atom. The van der Waals surface area contributed by atoms with E-state index in [1.165, 1.54) is 19.3 Å². The molecule has 0 saturated carbocycles. The Morgan fingerprint density at radius 2 is 1.75 bits per heavy atom. The van der Waals surface area contributed by atoms with E-state index in [1.54, 1.807) is 0 Å². The Kier molecular flexibility index (Phi) is 5.17. The molecule has 1 saturated heterocycles. The van der Waals surface area contributed by atoms with Crippen LogP contribution < -0.4 is 10.7 Å². The van der Waals surface area contributed by atoms with Crippen molar-refractivity contribution in [2.75, 3.05) is 30.4 Å². The van der Waals surface area contributed by atoms with Crippen molar-refractivity contribution in [2.45, 2.75) is 52.9 Å². The molecule has 2 heterocycles. The molecule has 0 aromatic carbocycles. The van der Waals surface area contributed by atoms with E-state index in [4.69, 9.17) is 4.98 Å². The fourth-order valence-corrected chi connectivity index (χ4v) is 2.40. The van der Waals surface area contributed by atoms with Crippen molar-refractivity contribution >= 4 is 11.6 Å². The fourth-order valence-electron chi connectivity index (χ4n) is 2.40. The van der Waals surface area contributed by atoms with Crippen LogP contribution in [0.5, 0.6) is 0 Å². The van der Waals surface area contributed by atoms with E-state index in [2.05, 4.69) is 48.4 Å². The molecule has 1 aromatic heterocycles. The first-order valence-electron chi connectivity index (χ1n) is 7.75. The Balaban J connectivity index is 2.24. The lowest BCUT2D eigenvalue weighted by Gasteiger charge is -2.28. The van der Waals surface area contributed by atoms with Gasteiger partial charge >= 0.3 is 0 Å². The second-order valence-corrected chi connectivity index (χ2v) is 5.75. The third-order valence-corrected chi connectivity index (χ3v) is 3.64. The largest absolute Gasteiger partial charge is 0.370 e. The SMILES string of the molecule is CCNc1nc(C(C)C)nc(NN2CCCCC2)c1C. The van der Waals surface area contributed by atoms with Crippen molar-refractivity contribution < 1.29 is 0 Å². The van der Waals surface area contributed by atoms with Gasteiger partial charge in [0, 0.05) is 31.1 Å². The lowest BCUT2D eigenvalue weighted by atomic mass is 10.1. The summed E-state index contributed by atoms with van der Waals surface area (Å²) in [6, 6.07) is 0. The minimum atomic E-state index is 0.329. The van der Waals surface area contributed by atoms with Crippen molar-refractivity contribution in [3.05, 3.63) is 11.4 Å². The normalized spacial score (nSPS) is 16.4. The van der Waals surface area contributed by atoms with Crippen molar-refractivity contribution in [3.63, 3.8) is 0 Å². The molecule has 0 amide bonds. The van der Waals surface area contributed by atoms with Gasteiger partial charge in [0.2, 0.25) is 0 Å². The zero-order valence-electron chi connectivity index (χ0n) is 13.2. The van der Waals surface area contributed by atoms with Gasteiger partial charge in [-0.3, -0.25) is 0 Å². The van der Waals surface area contributed by atoms with Crippen LogP contribution >= 0.6 is 0 Å². The van der Waals surface area contributed by atoms with Crippen LogP contribution in [0.1, 0.15) is 57.3 Å². The predicted molar refractivity (Wildman–Crippen MR) is 84.1 cm³/mol. The van der Waals surface area contributed by atoms with Crippen LogP contribution in [-0.2, 0) is 0 Å².